The molecule has 1 fully saturated rings. The normalized spacial score (nSPS) is 15.3. The van der Waals surface area contributed by atoms with Crippen LogP contribution in [0.5, 0.6) is 0 Å². The molecule has 0 atom stereocenters. The predicted octanol–water partition coefficient (Wildman–Crippen LogP) is 2.58. The molecule has 1 N–H and O–H groups in total. The van der Waals surface area contributed by atoms with Gasteiger partial charge in [0, 0.05) is 64.2 Å². The van der Waals surface area contributed by atoms with E-state index in [4.69, 9.17) is 21.3 Å². The number of thiophene rings is 1. The highest BCUT2D eigenvalue weighted by atomic mass is 127. The standard InChI is InChI=1S/C19H30ClN7OS.HI/c1-3-18-24-23-15-27(18)8-6-21-19(22-7-13-28-2)26-11-9-25(10-12-26)14-16-4-5-17(20)29-16;/h4-5,15H,3,6-14H2,1-2H3,(H,21,22);1H. The second-order valence-electron chi connectivity index (χ2n) is 6.89. The molecule has 2 aromatic heterocycles. The van der Waals surface area contributed by atoms with Crippen LogP contribution in [0.25, 0.3) is 0 Å². The van der Waals surface area contributed by atoms with Gasteiger partial charge in [-0.3, -0.25) is 9.89 Å². The molecule has 3 rings (SSSR count). The Bertz CT molecular complexity index is 777. The Hall–Kier alpha value is -0.950. The van der Waals surface area contributed by atoms with Crippen molar-refractivity contribution in [3.05, 3.63) is 33.5 Å². The van der Waals surface area contributed by atoms with Gasteiger partial charge in [0.1, 0.15) is 12.2 Å². The van der Waals surface area contributed by atoms with Crippen LogP contribution >= 0.6 is 46.9 Å². The number of halogens is 2. The maximum absolute atomic E-state index is 6.06. The summed E-state index contributed by atoms with van der Waals surface area (Å²) < 4.78 is 8.11. The van der Waals surface area contributed by atoms with Gasteiger partial charge in [0.05, 0.1) is 17.5 Å². The van der Waals surface area contributed by atoms with E-state index < -0.39 is 0 Å². The van der Waals surface area contributed by atoms with Crippen molar-refractivity contribution < 1.29 is 4.74 Å². The van der Waals surface area contributed by atoms with Crippen molar-refractivity contribution in [2.45, 2.75) is 26.4 Å². The molecule has 0 bridgehead atoms. The molecule has 30 heavy (non-hydrogen) atoms. The summed E-state index contributed by atoms with van der Waals surface area (Å²) in [6.45, 7) is 9.84. The fraction of sp³-hybridized carbons (Fsp3) is 0.632. The first kappa shape index (κ1) is 25.3. The third-order valence-electron chi connectivity index (χ3n) is 4.88. The molecule has 8 nitrogen and oxygen atoms in total. The maximum Gasteiger partial charge on any atom is 0.194 e. The van der Waals surface area contributed by atoms with E-state index >= 15 is 0 Å². The van der Waals surface area contributed by atoms with E-state index in [-0.39, 0.29) is 24.0 Å². The summed E-state index contributed by atoms with van der Waals surface area (Å²) in [6, 6.07) is 4.09. The highest BCUT2D eigenvalue weighted by Gasteiger charge is 2.20. The predicted molar refractivity (Wildman–Crippen MR) is 133 cm³/mol. The number of nitrogens with one attached hydrogen (secondary N) is 1. The van der Waals surface area contributed by atoms with Crippen LogP contribution in [-0.2, 0) is 24.2 Å². The van der Waals surface area contributed by atoms with Crippen molar-refractivity contribution in [1.82, 2.24) is 29.9 Å². The molecule has 0 saturated carbocycles. The maximum atomic E-state index is 6.06. The topological polar surface area (TPSA) is 70.8 Å². The van der Waals surface area contributed by atoms with Crippen LogP contribution in [0.1, 0.15) is 17.6 Å². The number of hydrogen-bond donors (Lipinski definition) is 1. The summed E-state index contributed by atoms with van der Waals surface area (Å²) in [4.78, 5) is 10.9. The third kappa shape index (κ3) is 7.63. The SMILES string of the molecule is CCc1nncn1CCNC(=NCCOC)N1CCN(Cc2ccc(Cl)s2)CC1.I. The molecule has 0 aliphatic carbocycles. The van der Waals surface area contributed by atoms with Crippen molar-refractivity contribution >= 4 is 52.9 Å². The molecule has 1 aliphatic rings. The smallest absolute Gasteiger partial charge is 0.194 e. The first-order chi connectivity index (χ1) is 14.2. The molecule has 3 heterocycles. The van der Waals surface area contributed by atoms with E-state index in [1.807, 2.05) is 6.07 Å². The third-order valence-corrected chi connectivity index (χ3v) is 6.10. The summed E-state index contributed by atoms with van der Waals surface area (Å²) in [7, 11) is 1.70. The first-order valence-electron chi connectivity index (χ1n) is 10.0. The molecule has 1 aliphatic heterocycles. The number of ether oxygens (including phenoxy) is 1. The molecule has 0 radical (unpaired) electrons. The minimum Gasteiger partial charge on any atom is -0.383 e. The lowest BCUT2D eigenvalue weighted by molar-refractivity contribution is 0.172. The molecule has 0 amide bonds. The van der Waals surface area contributed by atoms with Gasteiger partial charge in [-0.15, -0.1) is 45.5 Å². The zero-order valence-electron chi connectivity index (χ0n) is 17.6. The highest BCUT2D eigenvalue weighted by Crippen LogP contribution is 2.23. The molecule has 11 heteroatoms. The number of nitrogens with zero attached hydrogens (tertiary/aromatic N) is 6. The quantitative estimate of drug-likeness (QED) is 0.217. The Kier molecular flexibility index (Phi) is 11.4. The van der Waals surface area contributed by atoms with Gasteiger partial charge in [-0.2, -0.15) is 0 Å². The molecule has 0 spiro atoms. The number of aromatic nitrogens is 3. The van der Waals surface area contributed by atoms with Crippen LogP contribution in [0.15, 0.2) is 23.5 Å². The average Bonchev–Trinajstić information content (AvgIpc) is 3.36. The van der Waals surface area contributed by atoms with Gasteiger partial charge in [0.25, 0.3) is 0 Å². The van der Waals surface area contributed by atoms with Gasteiger partial charge in [0.2, 0.25) is 0 Å². The van der Waals surface area contributed by atoms with Crippen molar-refractivity contribution in [1.29, 1.82) is 0 Å². The van der Waals surface area contributed by atoms with Crippen LogP contribution in [0.2, 0.25) is 4.34 Å². The summed E-state index contributed by atoms with van der Waals surface area (Å²) in [5.74, 6) is 1.96. The van der Waals surface area contributed by atoms with E-state index in [9.17, 15) is 0 Å². The zero-order chi connectivity index (χ0) is 20.5. The van der Waals surface area contributed by atoms with Crippen molar-refractivity contribution in [2.75, 3.05) is 53.0 Å². The zero-order valence-corrected chi connectivity index (χ0v) is 21.5. The highest BCUT2D eigenvalue weighted by molar-refractivity contribution is 14.0. The van der Waals surface area contributed by atoms with E-state index in [1.165, 1.54) is 4.88 Å². The lowest BCUT2D eigenvalue weighted by Gasteiger charge is -2.36. The molecule has 0 aromatic carbocycles. The monoisotopic (exact) mass is 567 g/mol. The molecule has 168 valence electrons. The van der Waals surface area contributed by atoms with Gasteiger partial charge in [0.15, 0.2) is 5.96 Å². The number of rotatable bonds is 9. The Morgan fingerprint density at radius 1 is 1.30 bits per heavy atom. The van der Waals surface area contributed by atoms with Crippen molar-refractivity contribution in [3.8, 4) is 0 Å². The molecule has 1 saturated heterocycles. The van der Waals surface area contributed by atoms with Gasteiger partial charge in [-0.25, -0.2) is 0 Å². The number of aryl methyl sites for hydroxylation is 1. The number of hydrogen-bond acceptors (Lipinski definition) is 6. The van der Waals surface area contributed by atoms with Crippen LogP contribution < -0.4 is 5.32 Å². The van der Waals surface area contributed by atoms with E-state index in [0.717, 1.165) is 68.4 Å². The van der Waals surface area contributed by atoms with Gasteiger partial charge >= 0.3 is 0 Å². The van der Waals surface area contributed by atoms with Crippen LogP contribution in [-0.4, -0.2) is 83.5 Å². The van der Waals surface area contributed by atoms with Gasteiger partial charge in [-0.05, 0) is 12.1 Å². The van der Waals surface area contributed by atoms with Crippen LogP contribution in [0.4, 0.5) is 0 Å². The number of methoxy groups -OCH3 is 1. The molecular formula is C19H31ClIN7OS. The Morgan fingerprint density at radius 2 is 2.10 bits per heavy atom. The van der Waals surface area contributed by atoms with E-state index in [1.54, 1.807) is 24.8 Å². The number of piperazine rings is 1. The number of aliphatic imine (C=N–C) groups is 1. The molecular weight excluding hydrogens is 537 g/mol. The summed E-state index contributed by atoms with van der Waals surface area (Å²) in [5.41, 5.74) is 0. The first-order valence-corrected chi connectivity index (χ1v) is 11.2. The Balaban J connectivity index is 0.00000320. The van der Waals surface area contributed by atoms with Crippen molar-refractivity contribution in [2.24, 2.45) is 4.99 Å². The second-order valence-corrected chi connectivity index (χ2v) is 8.69. The van der Waals surface area contributed by atoms with Crippen molar-refractivity contribution in [3.63, 3.8) is 0 Å². The van der Waals surface area contributed by atoms with E-state index in [2.05, 4.69) is 42.9 Å². The van der Waals surface area contributed by atoms with Crippen LogP contribution in [0, 0.1) is 0 Å². The fourth-order valence-electron chi connectivity index (χ4n) is 3.31. The summed E-state index contributed by atoms with van der Waals surface area (Å²) >= 11 is 7.72. The Morgan fingerprint density at radius 3 is 2.77 bits per heavy atom. The summed E-state index contributed by atoms with van der Waals surface area (Å²) in [6.07, 6.45) is 2.67. The largest absolute Gasteiger partial charge is 0.383 e. The Labute approximate surface area is 204 Å². The lowest BCUT2D eigenvalue weighted by Crippen LogP contribution is -2.52. The fourth-order valence-corrected chi connectivity index (χ4v) is 4.44. The van der Waals surface area contributed by atoms with Gasteiger partial charge in [-0.1, -0.05) is 18.5 Å². The lowest BCUT2D eigenvalue weighted by atomic mass is 10.3. The van der Waals surface area contributed by atoms with Gasteiger partial charge < -0.3 is 19.5 Å². The van der Waals surface area contributed by atoms with E-state index in [0.29, 0.717) is 13.2 Å². The molecule has 2 aromatic rings. The average molecular weight is 568 g/mol. The minimum atomic E-state index is 0. The minimum absolute atomic E-state index is 0. The molecule has 0 unspecified atom stereocenters. The summed E-state index contributed by atoms with van der Waals surface area (Å²) in [5, 5.41) is 11.7. The number of guanidine groups is 1. The second kappa shape index (κ2) is 13.5. The van der Waals surface area contributed by atoms with Crippen LogP contribution in [0.3, 0.4) is 0 Å².